The van der Waals surface area contributed by atoms with Crippen molar-refractivity contribution in [2.24, 2.45) is 11.8 Å². The fraction of sp³-hybridized carbons (Fsp3) is 0.647. The Bertz CT molecular complexity index is 514. The summed E-state index contributed by atoms with van der Waals surface area (Å²) in [7, 11) is 0. The second-order valence-electron chi connectivity index (χ2n) is 6.36. The highest BCUT2D eigenvalue weighted by Crippen LogP contribution is 2.33. The minimum absolute atomic E-state index is 0.449. The van der Waals surface area contributed by atoms with Crippen molar-refractivity contribution in [3.63, 3.8) is 0 Å². The van der Waals surface area contributed by atoms with Gasteiger partial charge in [-0.2, -0.15) is 5.26 Å². The molecule has 0 saturated heterocycles. The van der Waals surface area contributed by atoms with Crippen LogP contribution >= 0.6 is 0 Å². The van der Waals surface area contributed by atoms with Gasteiger partial charge in [-0.1, -0.05) is 26.7 Å². The molecule has 1 aromatic heterocycles. The highest BCUT2D eigenvalue weighted by molar-refractivity contribution is 5.57. The van der Waals surface area contributed by atoms with Crippen LogP contribution in [-0.2, 0) is 0 Å². The Morgan fingerprint density at radius 3 is 2.65 bits per heavy atom. The van der Waals surface area contributed by atoms with Gasteiger partial charge in [-0.15, -0.1) is 0 Å². The normalized spacial score (nSPS) is 22.6. The molecule has 1 aliphatic rings. The Morgan fingerprint density at radius 2 is 2.00 bits per heavy atom. The summed E-state index contributed by atoms with van der Waals surface area (Å²) in [5, 5.41) is 12.9. The summed E-state index contributed by atoms with van der Waals surface area (Å²) in [6.45, 7) is 8.56. The molecule has 1 N–H and O–H groups in total. The Labute approximate surface area is 122 Å². The standard InChI is InChI=1S/C17H25N3/c1-11(2)14-7-5-6-8-16(14)20-17-15(10-18)12(3)9-13(4)19-17/h9,11,14,16H,5-8H2,1-4H3,(H,19,20). The van der Waals surface area contributed by atoms with Gasteiger partial charge in [0.25, 0.3) is 0 Å². The third-order valence-electron chi connectivity index (χ3n) is 4.45. The first-order valence-corrected chi connectivity index (χ1v) is 7.67. The first-order valence-electron chi connectivity index (χ1n) is 7.67. The maximum Gasteiger partial charge on any atom is 0.144 e. The molecule has 108 valence electrons. The lowest BCUT2D eigenvalue weighted by Gasteiger charge is -2.35. The van der Waals surface area contributed by atoms with Crippen LogP contribution in [0.2, 0.25) is 0 Å². The highest BCUT2D eigenvalue weighted by atomic mass is 15.0. The van der Waals surface area contributed by atoms with E-state index in [-0.39, 0.29) is 0 Å². The number of nitriles is 1. The van der Waals surface area contributed by atoms with Gasteiger partial charge in [-0.3, -0.25) is 0 Å². The molecule has 0 bridgehead atoms. The van der Waals surface area contributed by atoms with E-state index in [0.717, 1.165) is 17.1 Å². The van der Waals surface area contributed by atoms with Crippen LogP contribution in [0.5, 0.6) is 0 Å². The number of pyridine rings is 1. The number of hydrogen-bond donors (Lipinski definition) is 1. The Hall–Kier alpha value is -1.56. The summed E-state index contributed by atoms with van der Waals surface area (Å²) in [6.07, 6.45) is 5.06. The minimum Gasteiger partial charge on any atom is -0.366 e. The van der Waals surface area contributed by atoms with Gasteiger partial charge in [0.1, 0.15) is 11.9 Å². The second kappa shape index (κ2) is 6.26. The van der Waals surface area contributed by atoms with Crippen molar-refractivity contribution in [1.29, 1.82) is 5.26 Å². The van der Waals surface area contributed by atoms with Gasteiger partial charge >= 0.3 is 0 Å². The quantitative estimate of drug-likeness (QED) is 0.896. The number of aryl methyl sites for hydroxylation is 2. The van der Waals surface area contributed by atoms with E-state index >= 15 is 0 Å². The number of anilines is 1. The largest absolute Gasteiger partial charge is 0.366 e. The molecule has 0 aliphatic heterocycles. The third-order valence-corrected chi connectivity index (χ3v) is 4.45. The van der Waals surface area contributed by atoms with E-state index in [9.17, 15) is 5.26 Å². The molecule has 2 rings (SSSR count). The minimum atomic E-state index is 0.449. The van der Waals surface area contributed by atoms with E-state index in [0.29, 0.717) is 23.4 Å². The molecule has 0 amide bonds. The molecular weight excluding hydrogens is 246 g/mol. The first-order chi connectivity index (χ1) is 9.52. The monoisotopic (exact) mass is 271 g/mol. The van der Waals surface area contributed by atoms with Gasteiger partial charge in [-0.25, -0.2) is 4.98 Å². The van der Waals surface area contributed by atoms with Crippen LogP contribution in [0.3, 0.4) is 0 Å². The number of rotatable bonds is 3. The Kier molecular flexibility index (Phi) is 4.65. The molecule has 2 atom stereocenters. The van der Waals surface area contributed by atoms with Crippen LogP contribution in [-0.4, -0.2) is 11.0 Å². The zero-order chi connectivity index (χ0) is 14.7. The zero-order valence-corrected chi connectivity index (χ0v) is 13.0. The van der Waals surface area contributed by atoms with Crippen LogP contribution in [0, 0.1) is 37.0 Å². The van der Waals surface area contributed by atoms with E-state index < -0.39 is 0 Å². The van der Waals surface area contributed by atoms with Crippen molar-refractivity contribution in [3.8, 4) is 6.07 Å². The number of hydrogen-bond acceptors (Lipinski definition) is 3. The molecular formula is C17H25N3. The molecule has 20 heavy (non-hydrogen) atoms. The average molecular weight is 271 g/mol. The fourth-order valence-electron chi connectivity index (χ4n) is 3.39. The smallest absolute Gasteiger partial charge is 0.144 e. The van der Waals surface area contributed by atoms with Crippen molar-refractivity contribution < 1.29 is 0 Å². The molecule has 0 spiro atoms. The van der Waals surface area contributed by atoms with Gasteiger partial charge in [0.2, 0.25) is 0 Å². The predicted octanol–water partition coefficient (Wildman–Crippen LogP) is 4.20. The van der Waals surface area contributed by atoms with Crippen molar-refractivity contribution in [1.82, 2.24) is 4.98 Å². The highest BCUT2D eigenvalue weighted by Gasteiger charge is 2.28. The van der Waals surface area contributed by atoms with E-state index in [1.165, 1.54) is 25.7 Å². The lowest BCUT2D eigenvalue weighted by atomic mass is 9.78. The van der Waals surface area contributed by atoms with Crippen LogP contribution in [0.4, 0.5) is 5.82 Å². The summed E-state index contributed by atoms with van der Waals surface area (Å²) < 4.78 is 0. The van der Waals surface area contributed by atoms with E-state index in [4.69, 9.17) is 0 Å². The van der Waals surface area contributed by atoms with Gasteiger partial charge in [-0.05, 0) is 50.2 Å². The van der Waals surface area contributed by atoms with Gasteiger partial charge in [0.05, 0.1) is 5.56 Å². The van der Waals surface area contributed by atoms with E-state index in [1.54, 1.807) is 0 Å². The van der Waals surface area contributed by atoms with Gasteiger partial charge in [0, 0.05) is 11.7 Å². The number of nitrogens with one attached hydrogen (secondary N) is 1. The average Bonchev–Trinajstić information content (AvgIpc) is 2.38. The molecule has 1 aromatic rings. The van der Waals surface area contributed by atoms with Gasteiger partial charge in [0.15, 0.2) is 0 Å². The number of nitrogens with zero attached hydrogens (tertiary/aromatic N) is 2. The summed E-state index contributed by atoms with van der Waals surface area (Å²) in [5.74, 6) is 2.13. The summed E-state index contributed by atoms with van der Waals surface area (Å²) in [4.78, 5) is 4.56. The summed E-state index contributed by atoms with van der Waals surface area (Å²) >= 11 is 0. The molecule has 1 fully saturated rings. The molecule has 1 aliphatic carbocycles. The maximum absolute atomic E-state index is 9.36. The molecule has 3 heteroatoms. The molecule has 3 nitrogen and oxygen atoms in total. The number of aromatic nitrogens is 1. The van der Waals surface area contributed by atoms with Crippen LogP contribution in [0.25, 0.3) is 0 Å². The van der Waals surface area contributed by atoms with Crippen molar-refractivity contribution in [2.45, 2.75) is 59.4 Å². The first kappa shape index (κ1) is 14.8. The molecule has 0 radical (unpaired) electrons. The molecule has 1 saturated carbocycles. The SMILES string of the molecule is Cc1cc(C)c(C#N)c(NC2CCCCC2C(C)C)n1. The molecule has 1 heterocycles. The van der Waals surface area contributed by atoms with Crippen molar-refractivity contribution in [3.05, 3.63) is 22.9 Å². The maximum atomic E-state index is 9.36. The summed E-state index contributed by atoms with van der Waals surface area (Å²) in [6, 6.07) is 4.73. The third kappa shape index (κ3) is 3.12. The predicted molar refractivity (Wildman–Crippen MR) is 82.6 cm³/mol. The fourth-order valence-corrected chi connectivity index (χ4v) is 3.39. The van der Waals surface area contributed by atoms with Crippen LogP contribution in [0.15, 0.2) is 6.07 Å². The van der Waals surface area contributed by atoms with Crippen LogP contribution < -0.4 is 5.32 Å². The van der Waals surface area contributed by atoms with Crippen molar-refractivity contribution >= 4 is 5.82 Å². The lowest BCUT2D eigenvalue weighted by molar-refractivity contribution is 0.253. The van der Waals surface area contributed by atoms with E-state index in [2.05, 4.69) is 30.2 Å². The molecule has 2 unspecified atom stereocenters. The van der Waals surface area contributed by atoms with Crippen LogP contribution in [0.1, 0.15) is 56.4 Å². The summed E-state index contributed by atoms with van der Waals surface area (Å²) in [5.41, 5.74) is 2.68. The van der Waals surface area contributed by atoms with Gasteiger partial charge < -0.3 is 5.32 Å². The Balaban J connectivity index is 2.26. The lowest BCUT2D eigenvalue weighted by Crippen LogP contribution is -2.35. The second-order valence-corrected chi connectivity index (χ2v) is 6.36. The topological polar surface area (TPSA) is 48.7 Å². The van der Waals surface area contributed by atoms with E-state index in [1.807, 2.05) is 19.9 Å². The Morgan fingerprint density at radius 1 is 1.30 bits per heavy atom. The van der Waals surface area contributed by atoms with Crippen molar-refractivity contribution in [2.75, 3.05) is 5.32 Å². The molecule has 0 aromatic carbocycles. The zero-order valence-electron chi connectivity index (χ0n) is 13.0.